The van der Waals surface area contributed by atoms with Crippen LogP contribution in [0, 0.1) is 19.7 Å². The fraction of sp³-hybridized carbons (Fsp3) is 0.400. The maximum Gasteiger partial charge on any atom is 0.182 e. The Labute approximate surface area is 207 Å². The third-order valence-corrected chi connectivity index (χ3v) is 6.68. The molecule has 1 aliphatic heterocycles. The van der Waals surface area contributed by atoms with Crippen LogP contribution in [0.25, 0.3) is 22.4 Å². The number of nitrogens with two attached hydrogens (primary N) is 1. The monoisotopic (exact) mass is 496 g/mol. The van der Waals surface area contributed by atoms with Crippen molar-refractivity contribution in [2.75, 3.05) is 6.61 Å². The summed E-state index contributed by atoms with van der Waals surface area (Å²) in [5.41, 5.74) is 7.54. The third-order valence-electron chi connectivity index (χ3n) is 6.45. The Hall–Kier alpha value is -3.01. The molecule has 2 fully saturated rings. The first-order valence-corrected chi connectivity index (χ1v) is 11.9. The van der Waals surface area contributed by atoms with E-state index in [2.05, 4.69) is 24.9 Å². The van der Waals surface area contributed by atoms with Crippen LogP contribution in [-0.4, -0.2) is 50.0 Å². The van der Waals surface area contributed by atoms with E-state index in [-0.39, 0.29) is 47.2 Å². The van der Waals surface area contributed by atoms with E-state index in [4.69, 9.17) is 22.1 Å². The number of hydrogen-bond donors (Lipinski definition) is 2. The van der Waals surface area contributed by atoms with Crippen molar-refractivity contribution in [1.29, 1.82) is 0 Å². The first-order chi connectivity index (χ1) is 16.8. The molecule has 2 unspecified atom stereocenters. The molecule has 2 atom stereocenters. The summed E-state index contributed by atoms with van der Waals surface area (Å²) in [4.78, 5) is 22.9. The van der Waals surface area contributed by atoms with Gasteiger partial charge in [0.25, 0.3) is 0 Å². The molecular weight excluding hydrogens is 471 g/mol. The molecule has 0 spiro atoms. The number of aliphatic imine (C=N–C) groups is 1. The van der Waals surface area contributed by atoms with Crippen molar-refractivity contribution in [2.45, 2.75) is 57.3 Å². The number of nitrogens with zero attached hydrogens (tertiary/aromatic N) is 5. The molecule has 3 N–H and O–H groups in total. The Morgan fingerprint density at radius 2 is 2.00 bits per heavy atom. The summed E-state index contributed by atoms with van der Waals surface area (Å²) in [7, 11) is 0. The van der Waals surface area contributed by atoms with Gasteiger partial charge in [-0.15, -0.1) is 0 Å². The minimum absolute atomic E-state index is 0.135. The van der Waals surface area contributed by atoms with Crippen LogP contribution in [-0.2, 0) is 10.3 Å². The number of aryl methyl sites for hydroxylation is 2. The lowest BCUT2D eigenvalue weighted by Gasteiger charge is -2.36. The van der Waals surface area contributed by atoms with Gasteiger partial charge >= 0.3 is 0 Å². The summed E-state index contributed by atoms with van der Waals surface area (Å²) < 4.78 is 20.9. The number of benzene rings is 1. The summed E-state index contributed by atoms with van der Waals surface area (Å²) >= 11 is 5.97. The van der Waals surface area contributed by atoms with E-state index < -0.39 is 17.5 Å². The van der Waals surface area contributed by atoms with E-state index in [0.29, 0.717) is 28.5 Å². The Balaban J connectivity index is 1.60. The van der Waals surface area contributed by atoms with E-state index in [9.17, 15) is 9.50 Å². The average Bonchev–Trinajstić information content (AvgIpc) is 3.65. The molecule has 10 heteroatoms. The lowest BCUT2D eigenvalue weighted by molar-refractivity contribution is -0.0984. The van der Waals surface area contributed by atoms with E-state index in [1.54, 1.807) is 18.3 Å². The second-order valence-corrected chi connectivity index (χ2v) is 9.54. The SMILES string of the molecule is Cc1nc2nc(C3(O)CCOC(/C(C=NC4CC4)=C/N)C3)nc(-c3ccc(Cl)cc3F)c2nc1C. The van der Waals surface area contributed by atoms with Crippen molar-refractivity contribution >= 4 is 29.0 Å². The van der Waals surface area contributed by atoms with Crippen molar-refractivity contribution in [3.63, 3.8) is 0 Å². The highest BCUT2D eigenvalue weighted by atomic mass is 35.5. The van der Waals surface area contributed by atoms with Gasteiger partial charge in [-0.3, -0.25) is 4.99 Å². The molecule has 0 radical (unpaired) electrons. The second-order valence-electron chi connectivity index (χ2n) is 9.11. The largest absolute Gasteiger partial charge is 0.404 e. The Kier molecular flexibility index (Phi) is 6.25. The van der Waals surface area contributed by atoms with Gasteiger partial charge in [0.2, 0.25) is 0 Å². The lowest BCUT2D eigenvalue weighted by Crippen LogP contribution is -2.41. The highest BCUT2D eigenvalue weighted by Gasteiger charge is 2.41. The number of aromatic nitrogens is 4. The lowest BCUT2D eigenvalue weighted by atomic mass is 9.87. The summed E-state index contributed by atoms with van der Waals surface area (Å²) in [5.74, 6) is -0.416. The van der Waals surface area contributed by atoms with Crippen LogP contribution < -0.4 is 5.73 Å². The Morgan fingerprint density at radius 3 is 2.71 bits per heavy atom. The van der Waals surface area contributed by atoms with Crippen molar-refractivity contribution in [3.05, 3.63) is 58.0 Å². The first kappa shape index (κ1) is 23.7. The fourth-order valence-corrected chi connectivity index (χ4v) is 4.25. The number of fused-ring (bicyclic) bond motifs is 1. The Bertz CT molecular complexity index is 1360. The number of rotatable bonds is 5. The molecule has 2 aliphatic rings. The molecule has 1 saturated carbocycles. The molecule has 0 amide bonds. The predicted molar refractivity (Wildman–Crippen MR) is 132 cm³/mol. The fourth-order valence-electron chi connectivity index (χ4n) is 4.09. The molecule has 3 heterocycles. The number of halogens is 2. The van der Waals surface area contributed by atoms with Gasteiger partial charge in [0, 0.05) is 41.4 Å². The van der Waals surface area contributed by atoms with Crippen molar-refractivity contribution in [2.24, 2.45) is 10.7 Å². The smallest absolute Gasteiger partial charge is 0.182 e. The standard InChI is InChI=1S/C25H26ClFN6O2/c1-13-14(2)31-23-22(30-13)21(18-6-3-16(26)9-19(18)27)32-24(33-23)25(34)7-8-35-20(10-25)15(11-28)12-29-17-4-5-17/h3,6,9,11-12,17,20,34H,4-5,7-8,10,28H2,1-2H3/b15-11+,29-12?. The van der Waals surface area contributed by atoms with E-state index in [1.165, 1.54) is 12.3 Å². The zero-order chi connectivity index (χ0) is 24.7. The summed E-state index contributed by atoms with van der Waals surface area (Å²) in [6.07, 6.45) is 5.25. The summed E-state index contributed by atoms with van der Waals surface area (Å²) in [5, 5.41) is 12.0. The summed E-state index contributed by atoms with van der Waals surface area (Å²) in [6.45, 7) is 3.90. The van der Waals surface area contributed by atoms with Gasteiger partial charge in [-0.2, -0.15) is 0 Å². The zero-order valence-corrected chi connectivity index (χ0v) is 20.3. The molecular formula is C25H26ClFN6O2. The van der Waals surface area contributed by atoms with Crippen molar-refractivity contribution in [3.8, 4) is 11.3 Å². The van der Waals surface area contributed by atoms with Crippen molar-refractivity contribution in [1.82, 2.24) is 19.9 Å². The quantitative estimate of drug-likeness (QED) is 0.513. The van der Waals surface area contributed by atoms with Crippen LogP contribution in [0.2, 0.25) is 5.02 Å². The van der Waals surface area contributed by atoms with Gasteiger partial charge in [0.15, 0.2) is 11.5 Å². The maximum atomic E-state index is 15.0. The molecule has 3 aromatic rings. The van der Waals surface area contributed by atoms with E-state index in [1.807, 2.05) is 13.8 Å². The first-order valence-electron chi connectivity index (χ1n) is 11.6. The maximum absolute atomic E-state index is 15.0. The van der Waals surface area contributed by atoms with Crippen LogP contribution in [0.1, 0.15) is 42.9 Å². The second kappa shape index (κ2) is 9.22. The average molecular weight is 497 g/mol. The van der Waals surface area contributed by atoms with Gasteiger partial charge in [0.1, 0.15) is 22.6 Å². The highest BCUT2D eigenvalue weighted by Crippen LogP contribution is 2.37. The zero-order valence-electron chi connectivity index (χ0n) is 19.5. The van der Waals surface area contributed by atoms with Crippen LogP contribution >= 0.6 is 11.6 Å². The molecule has 35 heavy (non-hydrogen) atoms. The molecule has 1 saturated heterocycles. The highest BCUT2D eigenvalue weighted by molar-refractivity contribution is 6.30. The van der Waals surface area contributed by atoms with E-state index >= 15 is 0 Å². The van der Waals surface area contributed by atoms with Crippen LogP contribution in [0.5, 0.6) is 0 Å². The minimum atomic E-state index is -1.45. The van der Waals surface area contributed by atoms with E-state index in [0.717, 1.165) is 12.8 Å². The van der Waals surface area contributed by atoms with Gasteiger partial charge in [0.05, 0.1) is 30.1 Å². The van der Waals surface area contributed by atoms with Gasteiger partial charge in [-0.25, -0.2) is 24.3 Å². The Morgan fingerprint density at radius 1 is 1.23 bits per heavy atom. The van der Waals surface area contributed by atoms with Gasteiger partial charge in [-0.1, -0.05) is 11.6 Å². The summed E-state index contributed by atoms with van der Waals surface area (Å²) in [6, 6.07) is 4.67. The number of ether oxygens (including phenoxy) is 1. The predicted octanol–water partition coefficient (Wildman–Crippen LogP) is 3.94. The van der Waals surface area contributed by atoms with Crippen LogP contribution in [0.3, 0.4) is 0 Å². The van der Waals surface area contributed by atoms with Gasteiger partial charge < -0.3 is 15.6 Å². The number of aliphatic hydroxyl groups is 1. The molecule has 2 aromatic heterocycles. The van der Waals surface area contributed by atoms with Crippen LogP contribution in [0.15, 0.2) is 35.0 Å². The molecule has 5 rings (SSSR count). The number of hydrogen-bond acceptors (Lipinski definition) is 8. The minimum Gasteiger partial charge on any atom is -0.404 e. The molecule has 182 valence electrons. The van der Waals surface area contributed by atoms with Gasteiger partial charge in [-0.05, 0) is 44.9 Å². The molecule has 1 aromatic carbocycles. The van der Waals surface area contributed by atoms with Crippen molar-refractivity contribution < 1.29 is 14.2 Å². The third kappa shape index (κ3) is 4.76. The normalized spacial score (nSPS) is 23.3. The molecule has 1 aliphatic carbocycles. The molecule has 8 nitrogen and oxygen atoms in total. The molecule has 0 bridgehead atoms. The van der Waals surface area contributed by atoms with Crippen LogP contribution in [0.4, 0.5) is 4.39 Å². The topological polar surface area (TPSA) is 119 Å².